The zero-order valence-electron chi connectivity index (χ0n) is 13.2. The van der Waals surface area contributed by atoms with Gasteiger partial charge in [0.05, 0.1) is 5.69 Å². The molecule has 0 saturated heterocycles. The Labute approximate surface area is 126 Å². The Hall–Kier alpha value is -1.16. The van der Waals surface area contributed by atoms with Gasteiger partial charge in [0, 0.05) is 12.7 Å². The average molecular weight is 290 g/mol. The molecule has 4 heteroatoms. The van der Waals surface area contributed by atoms with Crippen molar-refractivity contribution in [1.82, 2.24) is 9.97 Å². The molecule has 3 rings (SSSR count). The molecule has 4 nitrogen and oxygen atoms in total. The summed E-state index contributed by atoms with van der Waals surface area (Å²) in [5.74, 6) is 1.38. The van der Waals surface area contributed by atoms with Crippen molar-refractivity contribution in [2.45, 2.75) is 70.3 Å². The standard InChI is InChI=1S/C17H26N2O2/c1-12-7-6-10-17(11-12,21-2)16-18-14-9-5-3-4-8-13(14)15(20)19-16/h12H,3-11H2,1-2H3,(H,18,19,20). The number of hydrogen-bond acceptors (Lipinski definition) is 3. The molecule has 0 amide bonds. The third-order valence-corrected chi connectivity index (χ3v) is 5.22. The SMILES string of the molecule is COC1(c2nc3c(c(=O)[nH]2)CCCCC3)CCCC(C)C1. The third kappa shape index (κ3) is 2.78. The van der Waals surface area contributed by atoms with E-state index >= 15 is 0 Å². The fraction of sp³-hybridized carbons (Fsp3) is 0.765. The summed E-state index contributed by atoms with van der Waals surface area (Å²) < 4.78 is 5.88. The van der Waals surface area contributed by atoms with Gasteiger partial charge in [-0.25, -0.2) is 4.98 Å². The lowest BCUT2D eigenvalue weighted by Crippen LogP contribution is -2.38. The zero-order valence-corrected chi connectivity index (χ0v) is 13.2. The van der Waals surface area contributed by atoms with Crippen LogP contribution in [0.25, 0.3) is 0 Å². The van der Waals surface area contributed by atoms with Crippen LogP contribution in [0.15, 0.2) is 4.79 Å². The molecule has 2 unspecified atom stereocenters. The Kier molecular flexibility index (Phi) is 4.16. The zero-order chi connectivity index (χ0) is 14.9. The van der Waals surface area contributed by atoms with Gasteiger partial charge in [0.2, 0.25) is 0 Å². The van der Waals surface area contributed by atoms with Gasteiger partial charge in [-0.2, -0.15) is 0 Å². The Morgan fingerprint density at radius 3 is 2.81 bits per heavy atom. The van der Waals surface area contributed by atoms with E-state index in [2.05, 4.69) is 11.9 Å². The summed E-state index contributed by atoms with van der Waals surface area (Å²) in [5.41, 5.74) is 1.59. The molecule has 2 atom stereocenters. The molecule has 0 bridgehead atoms. The van der Waals surface area contributed by atoms with Crippen molar-refractivity contribution in [3.8, 4) is 0 Å². The van der Waals surface area contributed by atoms with Crippen molar-refractivity contribution < 1.29 is 4.74 Å². The molecule has 21 heavy (non-hydrogen) atoms. The van der Waals surface area contributed by atoms with Crippen molar-refractivity contribution in [3.05, 3.63) is 27.4 Å². The van der Waals surface area contributed by atoms with Gasteiger partial charge >= 0.3 is 0 Å². The van der Waals surface area contributed by atoms with E-state index in [4.69, 9.17) is 9.72 Å². The summed E-state index contributed by atoms with van der Waals surface area (Å²) in [6.45, 7) is 2.26. The Morgan fingerprint density at radius 1 is 1.24 bits per heavy atom. The van der Waals surface area contributed by atoms with Crippen molar-refractivity contribution in [3.63, 3.8) is 0 Å². The second-order valence-corrected chi connectivity index (χ2v) is 6.80. The molecule has 0 aromatic carbocycles. The van der Waals surface area contributed by atoms with E-state index in [-0.39, 0.29) is 5.56 Å². The van der Waals surface area contributed by atoms with Crippen LogP contribution < -0.4 is 5.56 Å². The van der Waals surface area contributed by atoms with Gasteiger partial charge in [-0.3, -0.25) is 4.79 Å². The van der Waals surface area contributed by atoms with Crippen molar-refractivity contribution in [1.29, 1.82) is 0 Å². The normalized spacial score (nSPS) is 29.7. The second kappa shape index (κ2) is 5.91. The molecule has 0 spiro atoms. The highest BCUT2D eigenvalue weighted by Crippen LogP contribution is 2.41. The number of methoxy groups -OCH3 is 1. The van der Waals surface area contributed by atoms with Crippen LogP contribution in [0.1, 0.15) is 69.0 Å². The van der Waals surface area contributed by atoms with Crippen LogP contribution in [0.4, 0.5) is 0 Å². The molecule has 2 aliphatic rings. The fourth-order valence-corrected chi connectivity index (χ4v) is 4.00. The molecule has 2 aliphatic carbocycles. The monoisotopic (exact) mass is 290 g/mol. The fourth-order valence-electron chi connectivity index (χ4n) is 4.00. The molecule has 1 N–H and O–H groups in total. The van der Waals surface area contributed by atoms with Gasteiger partial charge in [0.25, 0.3) is 5.56 Å². The van der Waals surface area contributed by atoms with E-state index in [0.29, 0.717) is 5.92 Å². The van der Waals surface area contributed by atoms with Gasteiger partial charge in [-0.1, -0.05) is 19.8 Å². The summed E-state index contributed by atoms with van der Waals surface area (Å²) >= 11 is 0. The number of aromatic nitrogens is 2. The summed E-state index contributed by atoms with van der Waals surface area (Å²) in [6.07, 6.45) is 9.51. The topological polar surface area (TPSA) is 55.0 Å². The smallest absolute Gasteiger partial charge is 0.254 e. The van der Waals surface area contributed by atoms with Crippen molar-refractivity contribution in [2.24, 2.45) is 5.92 Å². The number of nitrogens with zero attached hydrogens (tertiary/aromatic N) is 1. The number of hydrogen-bond donors (Lipinski definition) is 1. The van der Waals surface area contributed by atoms with Gasteiger partial charge in [0.15, 0.2) is 0 Å². The molecule has 116 valence electrons. The number of fused-ring (bicyclic) bond motifs is 1. The predicted molar refractivity (Wildman–Crippen MR) is 82.4 cm³/mol. The first kappa shape index (κ1) is 14.8. The van der Waals surface area contributed by atoms with Crippen LogP contribution in [-0.4, -0.2) is 17.1 Å². The molecular weight excluding hydrogens is 264 g/mol. The summed E-state index contributed by atoms with van der Waals surface area (Å²) in [7, 11) is 1.75. The van der Waals surface area contributed by atoms with Gasteiger partial charge in [0.1, 0.15) is 11.4 Å². The number of nitrogens with one attached hydrogen (secondary N) is 1. The molecule has 0 radical (unpaired) electrons. The van der Waals surface area contributed by atoms with E-state index in [1.807, 2.05) is 0 Å². The van der Waals surface area contributed by atoms with Crippen LogP contribution in [0.3, 0.4) is 0 Å². The molecule has 1 saturated carbocycles. The lowest BCUT2D eigenvalue weighted by molar-refractivity contribution is -0.0649. The number of rotatable bonds is 2. The summed E-state index contributed by atoms with van der Waals surface area (Å²) in [5, 5.41) is 0. The highest BCUT2D eigenvalue weighted by Gasteiger charge is 2.39. The largest absolute Gasteiger partial charge is 0.370 e. The maximum Gasteiger partial charge on any atom is 0.254 e. The third-order valence-electron chi connectivity index (χ3n) is 5.22. The molecule has 1 aromatic rings. The lowest BCUT2D eigenvalue weighted by atomic mass is 9.78. The number of ether oxygens (including phenoxy) is 1. The minimum atomic E-state index is -0.391. The summed E-state index contributed by atoms with van der Waals surface area (Å²) in [6, 6.07) is 0. The maximum absolute atomic E-state index is 12.5. The molecule has 0 aliphatic heterocycles. The summed E-state index contributed by atoms with van der Waals surface area (Å²) in [4.78, 5) is 20.4. The molecule has 1 heterocycles. The van der Waals surface area contributed by atoms with E-state index in [0.717, 1.165) is 62.0 Å². The van der Waals surface area contributed by atoms with E-state index in [1.165, 1.54) is 12.8 Å². The molecule has 1 fully saturated rings. The molecule has 1 aromatic heterocycles. The Balaban J connectivity index is 2.03. The van der Waals surface area contributed by atoms with E-state index < -0.39 is 5.60 Å². The minimum absolute atomic E-state index is 0.0616. The second-order valence-electron chi connectivity index (χ2n) is 6.80. The Bertz CT molecular complexity index is 566. The highest BCUT2D eigenvalue weighted by atomic mass is 16.5. The lowest BCUT2D eigenvalue weighted by Gasteiger charge is -2.38. The predicted octanol–water partition coefficient (Wildman–Crippen LogP) is 3.09. The van der Waals surface area contributed by atoms with E-state index in [9.17, 15) is 4.79 Å². The van der Waals surface area contributed by atoms with Gasteiger partial charge < -0.3 is 9.72 Å². The maximum atomic E-state index is 12.5. The van der Waals surface area contributed by atoms with Crippen LogP contribution in [0, 0.1) is 5.92 Å². The first-order valence-electron chi connectivity index (χ1n) is 8.32. The molecular formula is C17H26N2O2. The number of aromatic amines is 1. The van der Waals surface area contributed by atoms with Crippen LogP contribution in [0.2, 0.25) is 0 Å². The number of aryl methyl sites for hydroxylation is 1. The van der Waals surface area contributed by atoms with Gasteiger partial charge in [-0.15, -0.1) is 0 Å². The van der Waals surface area contributed by atoms with Crippen LogP contribution >= 0.6 is 0 Å². The van der Waals surface area contributed by atoms with E-state index in [1.54, 1.807) is 7.11 Å². The first-order chi connectivity index (χ1) is 10.1. The van der Waals surface area contributed by atoms with Crippen LogP contribution in [-0.2, 0) is 23.2 Å². The van der Waals surface area contributed by atoms with Gasteiger partial charge in [-0.05, 0) is 50.9 Å². The minimum Gasteiger partial charge on any atom is -0.370 e. The Morgan fingerprint density at radius 2 is 2.05 bits per heavy atom. The quantitative estimate of drug-likeness (QED) is 0.852. The number of H-pyrrole nitrogens is 1. The highest BCUT2D eigenvalue weighted by molar-refractivity contribution is 5.22. The average Bonchev–Trinajstić information content (AvgIpc) is 2.72. The van der Waals surface area contributed by atoms with Crippen LogP contribution in [0.5, 0.6) is 0 Å². The van der Waals surface area contributed by atoms with Crippen molar-refractivity contribution in [2.75, 3.05) is 7.11 Å². The van der Waals surface area contributed by atoms with Crippen molar-refractivity contribution >= 4 is 0 Å². The first-order valence-corrected chi connectivity index (χ1v) is 8.32.